The number of nitrogens with one attached hydrogen (secondary N) is 1. The molecule has 1 rings (SSSR count). The Labute approximate surface area is 71.7 Å². The van der Waals surface area contributed by atoms with Gasteiger partial charge in [0.05, 0.1) is 0 Å². The number of carboxylic acids is 1. The van der Waals surface area contributed by atoms with E-state index < -0.39 is 11.5 Å². The number of nitrogens with zero attached hydrogens (tertiary/aromatic N) is 1. The summed E-state index contributed by atoms with van der Waals surface area (Å²) in [6.07, 6.45) is 0.500. The molecule has 0 aliphatic carbocycles. The van der Waals surface area contributed by atoms with Crippen molar-refractivity contribution in [2.24, 2.45) is 11.0 Å². The van der Waals surface area contributed by atoms with Crippen molar-refractivity contribution < 1.29 is 9.90 Å². The molecule has 0 aromatic rings. The van der Waals surface area contributed by atoms with Gasteiger partial charge in [-0.3, -0.25) is 5.43 Å². The monoisotopic (exact) mass is 170 g/mol. The van der Waals surface area contributed by atoms with Crippen LogP contribution in [0.25, 0.3) is 0 Å². The van der Waals surface area contributed by atoms with Crippen LogP contribution in [0.2, 0.25) is 0 Å². The zero-order valence-corrected chi connectivity index (χ0v) is 7.59. The van der Waals surface area contributed by atoms with E-state index in [2.05, 4.69) is 10.5 Å². The van der Waals surface area contributed by atoms with Gasteiger partial charge in [0.2, 0.25) is 0 Å². The maximum absolute atomic E-state index is 10.8. The Balaban J connectivity index is 2.68. The van der Waals surface area contributed by atoms with Crippen LogP contribution < -0.4 is 5.43 Å². The molecule has 0 aromatic heterocycles. The van der Waals surface area contributed by atoms with E-state index in [1.54, 1.807) is 6.92 Å². The Morgan fingerprint density at radius 2 is 2.33 bits per heavy atom. The average Bonchev–Trinajstić information content (AvgIpc) is 2.33. The molecule has 0 aromatic carbocycles. The van der Waals surface area contributed by atoms with Gasteiger partial charge in [-0.2, -0.15) is 5.10 Å². The predicted octanol–water partition coefficient (Wildman–Crippen LogP) is 0.835. The maximum Gasteiger partial charge on any atom is 0.331 e. The molecule has 1 aliphatic rings. The number of rotatable bonds is 2. The van der Waals surface area contributed by atoms with Crippen LogP contribution in [0, 0.1) is 5.92 Å². The van der Waals surface area contributed by atoms with Crippen LogP contribution >= 0.6 is 0 Å². The number of hydrazone groups is 1. The fourth-order valence-electron chi connectivity index (χ4n) is 1.09. The molecule has 0 bridgehead atoms. The summed E-state index contributed by atoms with van der Waals surface area (Å²) in [6, 6.07) is 0. The topological polar surface area (TPSA) is 61.7 Å². The predicted molar refractivity (Wildman–Crippen MR) is 46.1 cm³/mol. The van der Waals surface area contributed by atoms with Crippen molar-refractivity contribution >= 4 is 11.7 Å². The van der Waals surface area contributed by atoms with Gasteiger partial charge in [-0.05, 0) is 12.8 Å². The fraction of sp³-hybridized carbons (Fsp3) is 0.750. The third kappa shape index (κ3) is 1.42. The molecule has 12 heavy (non-hydrogen) atoms. The highest BCUT2D eigenvalue weighted by Gasteiger charge is 2.38. The van der Waals surface area contributed by atoms with Crippen molar-refractivity contribution in [1.29, 1.82) is 0 Å². The lowest BCUT2D eigenvalue weighted by Gasteiger charge is -2.17. The molecule has 1 aliphatic heterocycles. The maximum atomic E-state index is 10.8. The van der Waals surface area contributed by atoms with E-state index in [4.69, 9.17) is 5.11 Å². The number of hydrogen-bond acceptors (Lipinski definition) is 3. The van der Waals surface area contributed by atoms with E-state index in [1.165, 1.54) is 0 Å². The van der Waals surface area contributed by atoms with Crippen LogP contribution in [0.1, 0.15) is 27.2 Å². The first-order chi connectivity index (χ1) is 5.46. The second-order valence-corrected chi connectivity index (χ2v) is 3.68. The lowest BCUT2D eigenvalue weighted by Crippen LogP contribution is -2.44. The van der Waals surface area contributed by atoms with Gasteiger partial charge in [0.15, 0.2) is 5.54 Å². The van der Waals surface area contributed by atoms with Gasteiger partial charge >= 0.3 is 5.97 Å². The van der Waals surface area contributed by atoms with Gasteiger partial charge in [-0.15, -0.1) is 0 Å². The highest BCUT2D eigenvalue weighted by molar-refractivity contribution is 5.95. The van der Waals surface area contributed by atoms with E-state index in [-0.39, 0.29) is 0 Å². The molecule has 0 saturated heterocycles. The molecule has 0 fully saturated rings. The molecule has 1 atom stereocenters. The van der Waals surface area contributed by atoms with Crippen molar-refractivity contribution in [2.45, 2.75) is 32.7 Å². The zero-order chi connectivity index (χ0) is 9.35. The van der Waals surface area contributed by atoms with Crippen molar-refractivity contribution in [3.63, 3.8) is 0 Å². The molecule has 4 heteroatoms. The summed E-state index contributed by atoms with van der Waals surface area (Å²) < 4.78 is 0. The summed E-state index contributed by atoms with van der Waals surface area (Å²) in [7, 11) is 0. The van der Waals surface area contributed by atoms with Gasteiger partial charge in [0, 0.05) is 12.1 Å². The third-order valence-electron chi connectivity index (χ3n) is 2.12. The highest BCUT2D eigenvalue weighted by atomic mass is 16.4. The summed E-state index contributed by atoms with van der Waals surface area (Å²) >= 11 is 0. The largest absolute Gasteiger partial charge is 0.479 e. The van der Waals surface area contributed by atoms with Crippen molar-refractivity contribution in [3.05, 3.63) is 0 Å². The first kappa shape index (κ1) is 9.03. The fourth-order valence-corrected chi connectivity index (χ4v) is 1.09. The van der Waals surface area contributed by atoms with E-state index in [0.29, 0.717) is 12.3 Å². The smallest absolute Gasteiger partial charge is 0.331 e. The third-order valence-corrected chi connectivity index (χ3v) is 2.12. The molecule has 0 spiro atoms. The van der Waals surface area contributed by atoms with E-state index in [1.807, 2.05) is 13.8 Å². The number of aliphatic carboxylic acids is 1. The van der Waals surface area contributed by atoms with Crippen LogP contribution in [0.15, 0.2) is 5.10 Å². The van der Waals surface area contributed by atoms with Crippen molar-refractivity contribution in [2.75, 3.05) is 0 Å². The lowest BCUT2D eigenvalue weighted by molar-refractivity contribution is -0.143. The van der Waals surface area contributed by atoms with Gasteiger partial charge < -0.3 is 5.11 Å². The summed E-state index contributed by atoms with van der Waals surface area (Å²) in [6.45, 7) is 5.66. The molecule has 1 unspecified atom stereocenters. The molecule has 0 radical (unpaired) electrons. The molecule has 68 valence electrons. The summed E-state index contributed by atoms with van der Waals surface area (Å²) in [5.41, 5.74) is 2.69. The Morgan fingerprint density at radius 3 is 2.58 bits per heavy atom. The zero-order valence-electron chi connectivity index (χ0n) is 7.59. The Kier molecular flexibility index (Phi) is 2.08. The molecule has 0 saturated carbocycles. The van der Waals surface area contributed by atoms with Crippen LogP contribution in [-0.4, -0.2) is 22.3 Å². The van der Waals surface area contributed by atoms with Crippen molar-refractivity contribution in [3.8, 4) is 0 Å². The SMILES string of the molecule is CC(C)C1=NNC(C)(C(=O)O)C1. The molecule has 2 N–H and O–H groups in total. The van der Waals surface area contributed by atoms with Crippen LogP contribution in [-0.2, 0) is 4.79 Å². The Bertz CT molecular complexity index is 235. The van der Waals surface area contributed by atoms with Crippen molar-refractivity contribution in [1.82, 2.24) is 5.43 Å². The Hall–Kier alpha value is -1.06. The standard InChI is InChI=1S/C8H14N2O2/c1-5(2)6-4-8(3,7(11)12)10-9-6/h5,10H,4H2,1-3H3,(H,11,12). The molecular formula is C8H14N2O2. The molecule has 1 heterocycles. The second kappa shape index (κ2) is 2.77. The van der Waals surface area contributed by atoms with Gasteiger partial charge in [-0.1, -0.05) is 13.8 Å². The van der Waals surface area contributed by atoms with Gasteiger partial charge in [0.1, 0.15) is 0 Å². The summed E-state index contributed by atoms with van der Waals surface area (Å²) in [5.74, 6) is -0.527. The summed E-state index contributed by atoms with van der Waals surface area (Å²) in [4.78, 5) is 10.8. The van der Waals surface area contributed by atoms with Crippen LogP contribution in [0.3, 0.4) is 0 Å². The molecule has 0 amide bonds. The van der Waals surface area contributed by atoms with E-state index >= 15 is 0 Å². The van der Waals surface area contributed by atoms with Crippen LogP contribution in [0.4, 0.5) is 0 Å². The van der Waals surface area contributed by atoms with Gasteiger partial charge in [-0.25, -0.2) is 4.79 Å². The number of carboxylic acid groups (broad SMARTS) is 1. The van der Waals surface area contributed by atoms with Gasteiger partial charge in [0.25, 0.3) is 0 Å². The molecular weight excluding hydrogens is 156 g/mol. The normalized spacial score (nSPS) is 28.5. The first-order valence-electron chi connectivity index (χ1n) is 4.03. The molecule has 4 nitrogen and oxygen atoms in total. The average molecular weight is 170 g/mol. The lowest BCUT2D eigenvalue weighted by atomic mass is 9.93. The minimum absolute atomic E-state index is 0.318. The minimum Gasteiger partial charge on any atom is -0.479 e. The number of carbonyl (C=O) groups is 1. The Morgan fingerprint density at radius 1 is 1.75 bits per heavy atom. The summed E-state index contributed by atoms with van der Waals surface area (Å²) in [5, 5.41) is 12.8. The number of hydrogen-bond donors (Lipinski definition) is 2. The first-order valence-corrected chi connectivity index (χ1v) is 4.03. The quantitative estimate of drug-likeness (QED) is 0.645. The van der Waals surface area contributed by atoms with Crippen LogP contribution in [0.5, 0.6) is 0 Å². The second-order valence-electron chi connectivity index (χ2n) is 3.68. The minimum atomic E-state index is -0.889. The van der Waals surface area contributed by atoms with E-state index in [9.17, 15) is 4.79 Å². The highest BCUT2D eigenvalue weighted by Crippen LogP contribution is 2.20. The van der Waals surface area contributed by atoms with E-state index in [0.717, 1.165) is 5.71 Å².